The lowest BCUT2D eigenvalue weighted by Crippen LogP contribution is -2.17. The summed E-state index contributed by atoms with van der Waals surface area (Å²) in [5, 5.41) is 2.56. The summed E-state index contributed by atoms with van der Waals surface area (Å²) in [5.41, 5.74) is 0.676. The summed E-state index contributed by atoms with van der Waals surface area (Å²) in [6.07, 6.45) is 1.82. The normalized spacial score (nSPS) is 10.4. The Labute approximate surface area is 113 Å². The van der Waals surface area contributed by atoms with E-state index >= 15 is 0 Å². The number of anilines is 1. The predicted octanol–water partition coefficient (Wildman–Crippen LogP) is 3.66. The fraction of sp³-hybridized carbons (Fsp3) is 0.154. The molecule has 1 amide bonds. The first-order valence-corrected chi connectivity index (χ1v) is 6.32. The molecule has 0 bridgehead atoms. The minimum absolute atomic E-state index is 0.183. The maximum Gasteiger partial charge on any atom is 0.272 e. The van der Waals surface area contributed by atoms with Gasteiger partial charge >= 0.3 is 0 Å². The number of aromatic nitrogens is 1. The second kappa shape index (κ2) is 5.35. The lowest BCUT2D eigenvalue weighted by Gasteiger charge is -2.08. The Balaban J connectivity index is 2.25. The molecule has 0 saturated heterocycles. The third kappa shape index (κ3) is 2.61. The topological polar surface area (TPSA) is 34.0 Å². The first-order chi connectivity index (χ1) is 8.61. The second-order valence-electron chi connectivity index (χ2n) is 3.76. The molecule has 2 rings (SSSR count). The van der Waals surface area contributed by atoms with Crippen molar-refractivity contribution in [3.8, 4) is 0 Å². The summed E-state index contributed by atoms with van der Waals surface area (Å²) >= 11 is 3.32. The van der Waals surface area contributed by atoms with E-state index in [4.69, 9.17) is 0 Å². The lowest BCUT2D eigenvalue weighted by atomic mass is 10.3. The van der Waals surface area contributed by atoms with Crippen LogP contribution >= 0.6 is 15.9 Å². The Hall–Kier alpha value is -1.62. The van der Waals surface area contributed by atoms with Gasteiger partial charge in [0.15, 0.2) is 0 Å². The number of nitrogens with zero attached hydrogens (tertiary/aromatic N) is 1. The van der Waals surface area contributed by atoms with Gasteiger partial charge in [-0.3, -0.25) is 4.79 Å². The van der Waals surface area contributed by atoms with Crippen molar-refractivity contribution in [1.29, 1.82) is 0 Å². The van der Waals surface area contributed by atoms with Gasteiger partial charge in [-0.15, -0.1) is 0 Å². The summed E-state index contributed by atoms with van der Waals surface area (Å²) in [5.74, 6) is -0.771. The molecule has 1 aromatic heterocycles. The molecule has 0 saturated carbocycles. The molecule has 2 aromatic rings. The first-order valence-electron chi connectivity index (χ1n) is 5.53. The third-order valence-electron chi connectivity index (χ3n) is 2.56. The molecule has 3 nitrogen and oxygen atoms in total. The molecular formula is C13H12BrFN2O. The van der Waals surface area contributed by atoms with Gasteiger partial charge in [0.1, 0.15) is 11.5 Å². The Kier molecular flexibility index (Phi) is 3.81. The molecular weight excluding hydrogens is 299 g/mol. The molecule has 18 heavy (non-hydrogen) atoms. The van der Waals surface area contributed by atoms with Crippen LogP contribution in [0.3, 0.4) is 0 Å². The van der Waals surface area contributed by atoms with Gasteiger partial charge in [0.25, 0.3) is 5.91 Å². The van der Waals surface area contributed by atoms with Gasteiger partial charge in [-0.2, -0.15) is 0 Å². The number of carbonyl (C=O) groups excluding carboxylic acids is 1. The molecule has 0 aliphatic heterocycles. The molecule has 0 atom stereocenters. The van der Waals surface area contributed by atoms with Gasteiger partial charge in [-0.1, -0.05) is 12.1 Å². The number of rotatable bonds is 3. The third-order valence-corrected chi connectivity index (χ3v) is 2.99. The van der Waals surface area contributed by atoms with E-state index in [2.05, 4.69) is 21.2 Å². The van der Waals surface area contributed by atoms with Crippen LogP contribution in [0.5, 0.6) is 0 Å². The zero-order valence-electron chi connectivity index (χ0n) is 9.78. The number of aryl methyl sites for hydroxylation is 1. The number of hydrogen-bond donors (Lipinski definition) is 1. The molecule has 0 aliphatic rings. The van der Waals surface area contributed by atoms with Gasteiger partial charge in [0.2, 0.25) is 0 Å². The molecule has 0 spiro atoms. The molecule has 1 heterocycles. The van der Waals surface area contributed by atoms with E-state index in [9.17, 15) is 9.18 Å². The summed E-state index contributed by atoms with van der Waals surface area (Å²) < 4.78 is 16.0. The zero-order chi connectivity index (χ0) is 13.1. The van der Waals surface area contributed by atoms with E-state index in [1.807, 2.05) is 13.1 Å². The van der Waals surface area contributed by atoms with Gasteiger partial charge < -0.3 is 9.88 Å². The number of nitrogens with one attached hydrogen (secondary N) is 1. The molecule has 0 fully saturated rings. The highest BCUT2D eigenvalue weighted by molar-refractivity contribution is 9.10. The number of carbonyl (C=O) groups is 1. The molecule has 5 heteroatoms. The van der Waals surface area contributed by atoms with E-state index in [0.717, 1.165) is 4.47 Å². The van der Waals surface area contributed by atoms with E-state index < -0.39 is 5.82 Å². The SMILES string of the molecule is CCn1cc(Br)cc1C(=O)Nc1ccccc1F. The Morgan fingerprint density at radius 2 is 2.17 bits per heavy atom. The maximum absolute atomic E-state index is 13.4. The predicted molar refractivity (Wildman–Crippen MR) is 72.2 cm³/mol. The van der Waals surface area contributed by atoms with E-state index in [-0.39, 0.29) is 11.6 Å². The van der Waals surface area contributed by atoms with Crippen LogP contribution in [-0.2, 0) is 6.54 Å². The second-order valence-corrected chi connectivity index (χ2v) is 4.68. The fourth-order valence-corrected chi connectivity index (χ4v) is 2.14. The first kappa shape index (κ1) is 12.8. The lowest BCUT2D eigenvalue weighted by molar-refractivity contribution is 0.101. The molecule has 1 N–H and O–H groups in total. The molecule has 0 radical (unpaired) electrons. The number of hydrogen-bond acceptors (Lipinski definition) is 1. The van der Waals surface area contributed by atoms with Crippen molar-refractivity contribution in [2.24, 2.45) is 0 Å². The highest BCUT2D eigenvalue weighted by Crippen LogP contribution is 2.18. The molecule has 0 aliphatic carbocycles. The largest absolute Gasteiger partial charge is 0.343 e. The number of para-hydroxylation sites is 1. The summed E-state index contributed by atoms with van der Waals surface area (Å²) in [4.78, 5) is 12.0. The van der Waals surface area contributed by atoms with E-state index in [1.165, 1.54) is 12.1 Å². The number of halogens is 2. The van der Waals surface area contributed by atoms with Crippen molar-refractivity contribution in [1.82, 2.24) is 4.57 Å². The van der Waals surface area contributed by atoms with Crippen molar-refractivity contribution < 1.29 is 9.18 Å². The maximum atomic E-state index is 13.4. The van der Waals surface area contributed by atoms with Crippen molar-refractivity contribution in [2.45, 2.75) is 13.5 Å². The van der Waals surface area contributed by atoms with Gasteiger partial charge in [-0.25, -0.2) is 4.39 Å². The monoisotopic (exact) mass is 310 g/mol. The molecule has 94 valence electrons. The van der Waals surface area contributed by atoms with Crippen LogP contribution in [0.25, 0.3) is 0 Å². The minimum Gasteiger partial charge on any atom is -0.343 e. The molecule has 0 unspecified atom stereocenters. The quantitative estimate of drug-likeness (QED) is 0.922. The van der Waals surface area contributed by atoms with Crippen LogP contribution < -0.4 is 5.32 Å². The minimum atomic E-state index is -0.445. The number of amides is 1. The average molecular weight is 311 g/mol. The average Bonchev–Trinajstić information content (AvgIpc) is 2.73. The summed E-state index contributed by atoms with van der Waals surface area (Å²) in [6.45, 7) is 2.61. The van der Waals surface area contributed by atoms with Crippen molar-refractivity contribution in [3.63, 3.8) is 0 Å². The van der Waals surface area contributed by atoms with Crippen molar-refractivity contribution in [2.75, 3.05) is 5.32 Å². The van der Waals surface area contributed by atoms with Crippen molar-refractivity contribution >= 4 is 27.5 Å². The standard InChI is InChI=1S/C13H12BrFN2O/c1-2-17-8-9(14)7-12(17)13(18)16-11-6-4-3-5-10(11)15/h3-8H,2H2,1H3,(H,16,18). The van der Waals surface area contributed by atoms with Gasteiger partial charge in [0, 0.05) is 17.2 Å². The smallest absolute Gasteiger partial charge is 0.272 e. The molecule has 1 aromatic carbocycles. The van der Waals surface area contributed by atoms with E-state index in [0.29, 0.717) is 12.2 Å². The fourth-order valence-electron chi connectivity index (χ4n) is 1.68. The van der Waals surface area contributed by atoms with Gasteiger partial charge in [-0.05, 0) is 41.1 Å². The van der Waals surface area contributed by atoms with Crippen LogP contribution in [-0.4, -0.2) is 10.5 Å². The van der Waals surface area contributed by atoms with Crippen LogP contribution in [0.2, 0.25) is 0 Å². The highest BCUT2D eigenvalue weighted by Gasteiger charge is 2.13. The van der Waals surface area contributed by atoms with Crippen LogP contribution in [0.1, 0.15) is 17.4 Å². The van der Waals surface area contributed by atoms with E-state index in [1.54, 1.807) is 22.8 Å². The highest BCUT2D eigenvalue weighted by atomic mass is 79.9. The van der Waals surface area contributed by atoms with Crippen molar-refractivity contribution in [3.05, 3.63) is 52.5 Å². The zero-order valence-corrected chi connectivity index (χ0v) is 11.4. The van der Waals surface area contributed by atoms with Crippen LogP contribution in [0, 0.1) is 5.82 Å². The summed E-state index contributed by atoms with van der Waals surface area (Å²) in [7, 11) is 0. The summed E-state index contributed by atoms with van der Waals surface area (Å²) in [6, 6.07) is 7.80. The number of benzene rings is 1. The Morgan fingerprint density at radius 1 is 1.44 bits per heavy atom. The Morgan fingerprint density at radius 3 is 2.83 bits per heavy atom. The Bertz CT molecular complexity index is 580. The van der Waals surface area contributed by atoms with Crippen LogP contribution in [0.15, 0.2) is 41.0 Å². The van der Waals surface area contributed by atoms with Gasteiger partial charge in [0.05, 0.1) is 5.69 Å². The van der Waals surface area contributed by atoms with Crippen LogP contribution in [0.4, 0.5) is 10.1 Å².